The molecule has 1 heterocycles. The van der Waals surface area contributed by atoms with Crippen molar-refractivity contribution in [2.75, 3.05) is 24.9 Å². The van der Waals surface area contributed by atoms with Crippen LogP contribution in [0.15, 0.2) is 96.2 Å². The van der Waals surface area contributed by atoms with Crippen LogP contribution in [-0.2, 0) is 4.79 Å². The van der Waals surface area contributed by atoms with Crippen LogP contribution in [0.1, 0.15) is 35.9 Å². The van der Waals surface area contributed by atoms with Gasteiger partial charge in [-0.05, 0) is 58.5 Å². The van der Waals surface area contributed by atoms with Gasteiger partial charge in [-0.25, -0.2) is 0 Å². The van der Waals surface area contributed by atoms with Gasteiger partial charge >= 0.3 is 0 Å². The average molecular weight is 477 g/mol. The zero-order valence-corrected chi connectivity index (χ0v) is 20.4. The van der Waals surface area contributed by atoms with Gasteiger partial charge in [0.1, 0.15) is 0 Å². The molecule has 6 rings (SSSR count). The molecule has 1 aliphatic carbocycles. The van der Waals surface area contributed by atoms with Gasteiger partial charge in [-0.2, -0.15) is 0 Å². The van der Waals surface area contributed by atoms with Crippen LogP contribution >= 0.6 is 0 Å². The quantitative estimate of drug-likeness (QED) is 0.338. The van der Waals surface area contributed by atoms with Crippen LogP contribution in [0.3, 0.4) is 0 Å². The molecule has 0 amide bonds. The van der Waals surface area contributed by atoms with Gasteiger partial charge in [0.25, 0.3) is 0 Å². The molecule has 0 saturated heterocycles. The minimum atomic E-state index is -0.249. The van der Waals surface area contributed by atoms with Gasteiger partial charge in [0.2, 0.25) is 0 Å². The zero-order chi connectivity index (χ0) is 24.6. The highest BCUT2D eigenvalue weighted by atomic mass is 16.5. The minimum absolute atomic E-state index is 0.0435. The number of fused-ring (bicyclic) bond motifs is 2. The Labute approximate surface area is 210 Å². The van der Waals surface area contributed by atoms with Gasteiger partial charge in [0.15, 0.2) is 17.3 Å². The summed E-state index contributed by atoms with van der Waals surface area (Å²) in [5.41, 5.74) is 5.94. The summed E-state index contributed by atoms with van der Waals surface area (Å²) in [5, 5.41) is 9.65. The second-order valence-corrected chi connectivity index (χ2v) is 9.35. The summed E-state index contributed by atoms with van der Waals surface area (Å²) in [6.45, 7) is 0. The Kier molecular flexibility index (Phi) is 5.61. The number of ether oxygens (including phenoxy) is 2. The van der Waals surface area contributed by atoms with E-state index in [0.29, 0.717) is 17.9 Å². The van der Waals surface area contributed by atoms with E-state index >= 15 is 0 Å². The largest absolute Gasteiger partial charge is 0.493 e. The Morgan fingerprint density at radius 2 is 1.53 bits per heavy atom. The normalized spacial score (nSPS) is 19.0. The molecule has 0 aromatic heterocycles. The molecule has 0 fully saturated rings. The predicted octanol–water partition coefficient (Wildman–Crippen LogP) is 6.84. The first kappa shape index (κ1) is 22.2. The molecule has 4 aromatic carbocycles. The fourth-order valence-corrected chi connectivity index (χ4v) is 5.57. The zero-order valence-electron chi connectivity index (χ0n) is 20.4. The molecule has 0 saturated carbocycles. The summed E-state index contributed by atoms with van der Waals surface area (Å²) in [6, 6.07) is 28.5. The van der Waals surface area contributed by atoms with Crippen molar-refractivity contribution < 1.29 is 14.3 Å². The fraction of sp³-hybridized carbons (Fsp3) is 0.194. The first-order valence-electron chi connectivity index (χ1n) is 12.2. The van der Waals surface area contributed by atoms with Gasteiger partial charge in [-0.15, -0.1) is 0 Å². The molecule has 0 unspecified atom stereocenters. The van der Waals surface area contributed by atoms with Gasteiger partial charge < -0.3 is 20.1 Å². The van der Waals surface area contributed by atoms with E-state index in [4.69, 9.17) is 9.47 Å². The smallest absolute Gasteiger partial charge is 0.163 e. The number of nitrogens with one attached hydrogen (secondary N) is 2. The molecule has 4 aromatic rings. The number of hydrogen-bond acceptors (Lipinski definition) is 5. The van der Waals surface area contributed by atoms with E-state index in [9.17, 15) is 4.79 Å². The molecule has 0 bridgehead atoms. The maximum atomic E-state index is 13.9. The molecule has 2 N–H and O–H groups in total. The van der Waals surface area contributed by atoms with Crippen LogP contribution in [0.4, 0.5) is 11.4 Å². The molecule has 2 aliphatic rings. The first-order chi connectivity index (χ1) is 17.7. The summed E-state index contributed by atoms with van der Waals surface area (Å²) in [4.78, 5) is 13.9. The van der Waals surface area contributed by atoms with Gasteiger partial charge in [0.05, 0.1) is 31.6 Å². The van der Waals surface area contributed by atoms with Crippen LogP contribution in [0.25, 0.3) is 10.8 Å². The van der Waals surface area contributed by atoms with Crippen molar-refractivity contribution in [1.29, 1.82) is 0 Å². The monoisotopic (exact) mass is 476 g/mol. The number of carbonyl (C=O) groups is 1. The Morgan fingerprint density at radius 1 is 0.778 bits per heavy atom. The fourth-order valence-electron chi connectivity index (χ4n) is 5.57. The number of rotatable bonds is 4. The lowest BCUT2D eigenvalue weighted by Gasteiger charge is -2.30. The van der Waals surface area contributed by atoms with E-state index in [1.54, 1.807) is 14.2 Å². The van der Waals surface area contributed by atoms with E-state index in [-0.39, 0.29) is 17.7 Å². The highest BCUT2D eigenvalue weighted by Gasteiger charge is 2.36. The number of anilines is 2. The third-order valence-corrected chi connectivity index (χ3v) is 7.32. The lowest BCUT2D eigenvalue weighted by Crippen LogP contribution is -2.27. The standard InChI is InChI=1S/C31H28N2O3/c1-35-28-15-14-20(18-29(28)36-2)21-16-26-30(27(34)17-21)31(33-25-13-6-5-12-24(25)32-26)23-11-7-9-19-8-3-4-10-22(19)23/h3-15,18,21,31-33H,16-17H2,1-2H3/t21-,31+/m1/s1. The van der Waals surface area contributed by atoms with E-state index in [1.807, 2.05) is 36.4 Å². The number of hydrogen-bond donors (Lipinski definition) is 2. The Hall–Kier alpha value is -4.25. The van der Waals surface area contributed by atoms with Gasteiger partial charge in [0, 0.05) is 17.7 Å². The molecule has 1 aliphatic heterocycles. The van der Waals surface area contributed by atoms with Crippen molar-refractivity contribution in [3.63, 3.8) is 0 Å². The van der Waals surface area contributed by atoms with E-state index < -0.39 is 0 Å². The van der Waals surface area contributed by atoms with Crippen LogP contribution in [0.2, 0.25) is 0 Å². The molecule has 0 spiro atoms. The number of benzene rings is 4. The highest BCUT2D eigenvalue weighted by Crippen LogP contribution is 2.46. The van der Waals surface area contributed by atoms with Gasteiger partial charge in [-0.1, -0.05) is 60.7 Å². The van der Waals surface area contributed by atoms with Crippen molar-refractivity contribution in [1.82, 2.24) is 0 Å². The van der Waals surface area contributed by atoms with Gasteiger partial charge in [-0.3, -0.25) is 4.79 Å². The van der Waals surface area contributed by atoms with Crippen molar-refractivity contribution >= 4 is 27.9 Å². The molecule has 5 nitrogen and oxygen atoms in total. The lowest BCUT2D eigenvalue weighted by atomic mass is 9.78. The minimum Gasteiger partial charge on any atom is -0.493 e. The average Bonchev–Trinajstić information content (AvgIpc) is 3.09. The summed E-state index contributed by atoms with van der Waals surface area (Å²) in [7, 11) is 3.27. The SMILES string of the molecule is COc1ccc([C@H]2CC(=O)C3=C(C2)Nc2ccccc2N[C@H]3c2cccc3ccccc23)cc1OC. The lowest BCUT2D eigenvalue weighted by molar-refractivity contribution is -0.116. The molecular formula is C31H28N2O3. The van der Waals surface area contributed by atoms with Crippen LogP contribution in [0, 0.1) is 0 Å². The third kappa shape index (κ3) is 3.77. The Morgan fingerprint density at radius 3 is 2.36 bits per heavy atom. The van der Waals surface area contributed by atoms with E-state index in [0.717, 1.165) is 51.0 Å². The van der Waals surface area contributed by atoms with Crippen molar-refractivity contribution in [3.8, 4) is 11.5 Å². The number of carbonyl (C=O) groups excluding carboxylic acids is 1. The molecule has 36 heavy (non-hydrogen) atoms. The maximum absolute atomic E-state index is 13.9. The van der Waals surface area contributed by atoms with Crippen molar-refractivity contribution in [2.45, 2.75) is 24.8 Å². The molecule has 180 valence electrons. The summed E-state index contributed by atoms with van der Waals surface area (Å²) < 4.78 is 11.0. The van der Waals surface area contributed by atoms with E-state index in [1.165, 1.54) is 0 Å². The van der Waals surface area contributed by atoms with Crippen molar-refractivity contribution in [2.24, 2.45) is 0 Å². The predicted molar refractivity (Wildman–Crippen MR) is 144 cm³/mol. The molecule has 0 radical (unpaired) electrons. The topological polar surface area (TPSA) is 59.6 Å². The summed E-state index contributed by atoms with van der Waals surface area (Å²) >= 11 is 0. The number of para-hydroxylation sites is 2. The molecule has 5 heteroatoms. The number of allylic oxidation sites excluding steroid dienone is 1. The second kappa shape index (κ2) is 9.08. The Balaban J connectivity index is 1.48. The second-order valence-electron chi connectivity index (χ2n) is 9.35. The molecular weight excluding hydrogens is 448 g/mol. The first-order valence-corrected chi connectivity index (χ1v) is 12.2. The van der Waals surface area contributed by atoms with Crippen LogP contribution in [-0.4, -0.2) is 20.0 Å². The highest BCUT2D eigenvalue weighted by molar-refractivity contribution is 6.02. The number of ketones is 1. The third-order valence-electron chi connectivity index (χ3n) is 7.32. The van der Waals surface area contributed by atoms with Crippen LogP contribution < -0.4 is 20.1 Å². The maximum Gasteiger partial charge on any atom is 0.163 e. The van der Waals surface area contributed by atoms with Crippen molar-refractivity contribution in [3.05, 3.63) is 107 Å². The van der Waals surface area contributed by atoms with Crippen LogP contribution in [0.5, 0.6) is 11.5 Å². The Bertz CT molecular complexity index is 1500. The number of methoxy groups -OCH3 is 2. The molecule has 2 atom stereocenters. The summed E-state index contributed by atoms with van der Waals surface area (Å²) in [6.07, 6.45) is 1.17. The number of Topliss-reactive ketones (excluding diaryl/α,β-unsaturated/α-hetero) is 1. The van der Waals surface area contributed by atoms with E-state index in [2.05, 4.69) is 59.2 Å². The summed E-state index contributed by atoms with van der Waals surface area (Å²) in [5.74, 6) is 1.56.